The van der Waals surface area contributed by atoms with E-state index in [1.54, 1.807) is 18.4 Å². The number of nitrogens with zero attached hydrogens (tertiary/aromatic N) is 2. The Morgan fingerprint density at radius 3 is 2.94 bits per heavy atom. The van der Waals surface area contributed by atoms with E-state index in [0.29, 0.717) is 0 Å². The van der Waals surface area contributed by atoms with Crippen molar-refractivity contribution in [3.8, 4) is 5.75 Å². The van der Waals surface area contributed by atoms with Crippen LogP contribution in [-0.4, -0.2) is 23.4 Å². The van der Waals surface area contributed by atoms with Gasteiger partial charge >= 0.3 is 0 Å². The molecule has 5 heteroatoms. The highest BCUT2D eigenvalue weighted by Gasteiger charge is 2.20. The third-order valence-corrected chi connectivity index (χ3v) is 3.54. The zero-order valence-electron chi connectivity index (χ0n) is 10.3. The maximum Gasteiger partial charge on any atom is 0.134 e. The molecule has 0 fully saturated rings. The van der Waals surface area contributed by atoms with Gasteiger partial charge in [-0.15, -0.1) is 11.3 Å². The molecule has 0 saturated heterocycles. The van der Waals surface area contributed by atoms with Crippen molar-refractivity contribution >= 4 is 11.3 Å². The maximum absolute atomic E-state index is 5.38. The van der Waals surface area contributed by atoms with Crippen LogP contribution in [0.25, 0.3) is 0 Å². The second-order valence-corrected chi connectivity index (χ2v) is 4.71. The zero-order chi connectivity index (χ0) is 12.3. The first-order chi connectivity index (χ1) is 8.26. The SMILES string of the molecule is CCNC(c1ccn(C)n1)c1sccc1OC. The third-order valence-electron chi connectivity index (χ3n) is 2.58. The van der Waals surface area contributed by atoms with Gasteiger partial charge < -0.3 is 10.1 Å². The Balaban J connectivity index is 2.35. The molecule has 1 unspecified atom stereocenters. The molecule has 0 aliphatic rings. The van der Waals surface area contributed by atoms with E-state index in [9.17, 15) is 0 Å². The summed E-state index contributed by atoms with van der Waals surface area (Å²) in [7, 11) is 3.63. The predicted octanol–water partition coefficient (Wildman–Crippen LogP) is 2.19. The molecule has 17 heavy (non-hydrogen) atoms. The second kappa shape index (κ2) is 5.33. The normalized spacial score (nSPS) is 12.6. The fraction of sp³-hybridized carbons (Fsp3) is 0.417. The third kappa shape index (κ3) is 2.50. The molecule has 1 N–H and O–H groups in total. The van der Waals surface area contributed by atoms with Gasteiger partial charge in [0.2, 0.25) is 0 Å². The lowest BCUT2D eigenvalue weighted by molar-refractivity contribution is 0.407. The van der Waals surface area contributed by atoms with Crippen LogP contribution in [0.1, 0.15) is 23.5 Å². The van der Waals surface area contributed by atoms with Crippen LogP contribution in [0.4, 0.5) is 0 Å². The van der Waals surface area contributed by atoms with Crippen LogP contribution in [0.3, 0.4) is 0 Å². The molecule has 2 rings (SSSR count). The fourth-order valence-electron chi connectivity index (χ4n) is 1.81. The van der Waals surface area contributed by atoms with Crippen LogP contribution in [0.15, 0.2) is 23.7 Å². The number of methoxy groups -OCH3 is 1. The summed E-state index contributed by atoms with van der Waals surface area (Å²) in [5, 5.41) is 9.95. The summed E-state index contributed by atoms with van der Waals surface area (Å²) < 4.78 is 7.20. The van der Waals surface area contributed by atoms with Gasteiger partial charge in [-0.3, -0.25) is 4.68 Å². The van der Waals surface area contributed by atoms with E-state index in [2.05, 4.69) is 17.3 Å². The molecule has 2 aromatic rings. The van der Waals surface area contributed by atoms with Crippen molar-refractivity contribution in [1.82, 2.24) is 15.1 Å². The molecule has 2 aromatic heterocycles. The van der Waals surface area contributed by atoms with E-state index < -0.39 is 0 Å². The first-order valence-electron chi connectivity index (χ1n) is 5.60. The summed E-state index contributed by atoms with van der Waals surface area (Å²) in [5.74, 6) is 0.923. The van der Waals surface area contributed by atoms with Gasteiger partial charge in [-0.25, -0.2) is 0 Å². The van der Waals surface area contributed by atoms with Crippen LogP contribution in [0.2, 0.25) is 0 Å². The summed E-state index contributed by atoms with van der Waals surface area (Å²) in [4.78, 5) is 1.17. The molecule has 0 aromatic carbocycles. The lowest BCUT2D eigenvalue weighted by atomic mass is 10.1. The Bertz CT molecular complexity index is 478. The number of hydrogen-bond donors (Lipinski definition) is 1. The van der Waals surface area contributed by atoms with Crippen molar-refractivity contribution in [2.75, 3.05) is 13.7 Å². The molecule has 0 aliphatic heterocycles. The summed E-state index contributed by atoms with van der Waals surface area (Å²) >= 11 is 1.69. The summed E-state index contributed by atoms with van der Waals surface area (Å²) in [5.41, 5.74) is 1.02. The van der Waals surface area contributed by atoms with Gasteiger partial charge in [0.05, 0.1) is 23.7 Å². The number of rotatable bonds is 5. The Labute approximate surface area is 105 Å². The molecular formula is C12H17N3OS. The van der Waals surface area contributed by atoms with E-state index >= 15 is 0 Å². The summed E-state index contributed by atoms with van der Waals surface area (Å²) in [6.45, 7) is 2.98. The molecule has 0 bridgehead atoms. The van der Waals surface area contributed by atoms with Crippen molar-refractivity contribution in [2.45, 2.75) is 13.0 Å². The highest BCUT2D eigenvalue weighted by molar-refractivity contribution is 7.10. The number of ether oxygens (including phenoxy) is 1. The van der Waals surface area contributed by atoms with E-state index in [1.165, 1.54) is 4.88 Å². The summed E-state index contributed by atoms with van der Waals surface area (Å²) in [6.07, 6.45) is 1.96. The average molecular weight is 251 g/mol. The number of aryl methyl sites for hydroxylation is 1. The highest BCUT2D eigenvalue weighted by Crippen LogP contribution is 2.33. The molecule has 4 nitrogen and oxygen atoms in total. The lowest BCUT2D eigenvalue weighted by Gasteiger charge is -2.15. The molecule has 0 radical (unpaired) electrons. The van der Waals surface area contributed by atoms with E-state index in [1.807, 2.05) is 35.4 Å². The van der Waals surface area contributed by atoms with E-state index in [0.717, 1.165) is 18.0 Å². The largest absolute Gasteiger partial charge is 0.496 e. The lowest BCUT2D eigenvalue weighted by Crippen LogP contribution is -2.22. The van der Waals surface area contributed by atoms with Gasteiger partial charge in [-0.1, -0.05) is 6.92 Å². The van der Waals surface area contributed by atoms with Crippen molar-refractivity contribution in [3.05, 3.63) is 34.3 Å². The van der Waals surface area contributed by atoms with Gasteiger partial charge in [0.15, 0.2) is 0 Å². The highest BCUT2D eigenvalue weighted by atomic mass is 32.1. The minimum Gasteiger partial charge on any atom is -0.496 e. The van der Waals surface area contributed by atoms with E-state index in [4.69, 9.17) is 4.74 Å². The summed E-state index contributed by atoms with van der Waals surface area (Å²) in [6, 6.07) is 4.14. The monoisotopic (exact) mass is 251 g/mol. The molecule has 1 atom stereocenters. The first-order valence-corrected chi connectivity index (χ1v) is 6.48. The number of aromatic nitrogens is 2. The Hall–Kier alpha value is -1.33. The van der Waals surface area contributed by atoms with Crippen molar-refractivity contribution in [1.29, 1.82) is 0 Å². The Morgan fingerprint density at radius 1 is 1.53 bits per heavy atom. The Kier molecular flexibility index (Phi) is 3.81. The minimum atomic E-state index is 0.108. The van der Waals surface area contributed by atoms with Crippen LogP contribution in [-0.2, 0) is 7.05 Å². The van der Waals surface area contributed by atoms with Gasteiger partial charge in [-0.05, 0) is 24.1 Å². The van der Waals surface area contributed by atoms with Crippen LogP contribution < -0.4 is 10.1 Å². The fourth-order valence-corrected chi connectivity index (χ4v) is 2.76. The standard InChI is InChI=1S/C12H17N3OS/c1-4-13-11(9-5-7-15(2)14-9)12-10(16-3)6-8-17-12/h5-8,11,13H,4H2,1-3H3. The van der Waals surface area contributed by atoms with E-state index in [-0.39, 0.29) is 6.04 Å². The van der Waals surface area contributed by atoms with Crippen LogP contribution in [0, 0.1) is 0 Å². The first kappa shape index (κ1) is 12.1. The van der Waals surface area contributed by atoms with Gasteiger partial charge in [0.25, 0.3) is 0 Å². The molecule has 0 spiro atoms. The maximum atomic E-state index is 5.38. The van der Waals surface area contributed by atoms with Crippen LogP contribution in [0.5, 0.6) is 5.75 Å². The molecule has 0 saturated carbocycles. The van der Waals surface area contributed by atoms with Crippen molar-refractivity contribution < 1.29 is 4.74 Å². The second-order valence-electron chi connectivity index (χ2n) is 3.76. The quantitative estimate of drug-likeness (QED) is 0.885. The smallest absolute Gasteiger partial charge is 0.134 e. The Morgan fingerprint density at radius 2 is 2.35 bits per heavy atom. The average Bonchev–Trinajstić information content (AvgIpc) is 2.94. The molecule has 0 aliphatic carbocycles. The molecule has 2 heterocycles. The topological polar surface area (TPSA) is 39.1 Å². The zero-order valence-corrected chi connectivity index (χ0v) is 11.1. The van der Waals surface area contributed by atoms with Gasteiger partial charge in [-0.2, -0.15) is 5.10 Å². The minimum absolute atomic E-state index is 0.108. The van der Waals surface area contributed by atoms with Crippen molar-refractivity contribution in [3.63, 3.8) is 0 Å². The van der Waals surface area contributed by atoms with Gasteiger partial charge in [0, 0.05) is 13.2 Å². The number of thiophene rings is 1. The number of hydrogen-bond acceptors (Lipinski definition) is 4. The van der Waals surface area contributed by atoms with Crippen molar-refractivity contribution in [2.24, 2.45) is 7.05 Å². The predicted molar refractivity (Wildman–Crippen MR) is 69.6 cm³/mol. The molecule has 0 amide bonds. The number of nitrogens with one attached hydrogen (secondary N) is 1. The van der Waals surface area contributed by atoms with Crippen LogP contribution >= 0.6 is 11.3 Å². The molecule has 92 valence electrons. The molecular weight excluding hydrogens is 234 g/mol. The van der Waals surface area contributed by atoms with Gasteiger partial charge in [0.1, 0.15) is 5.75 Å².